The number of nitrogens with zero attached hydrogens (tertiary/aromatic N) is 2. The van der Waals surface area contributed by atoms with E-state index in [0.29, 0.717) is 6.42 Å². The lowest BCUT2D eigenvalue weighted by atomic mass is 9.93. The summed E-state index contributed by atoms with van der Waals surface area (Å²) in [6.45, 7) is 7.90. The molecule has 1 fully saturated rings. The van der Waals surface area contributed by atoms with Gasteiger partial charge in [0.15, 0.2) is 0 Å². The molecule has 0 aromatic carbocycles. The van der Waals surface area contributed by atoms with Crippen LogP contribution in [0.2, 0.25) is 0 Å². The zero-order valence-corrected chi connectivity index (χ0v) is 13.8. The largest absolute Gasteiger partial charge is 0.343 e. The second-order valence-corrected chi connectivity index (χ2v) is 6.62. The van der Waals surface area contributed by atoms with Crippen LogP contribution in [0.15, 0.2) is 11.6 Å². The molecule has 1 aromatic heterocycles. The van der Waals surface area contributed by atoms with Crippen molar-refractivity contribution < 1.29 is 9.59 Å². The lowest BCUT2D eigenvalue weighted by Crippen LogP contribution is -2.65. The van der Waals surface area contributed by atoms with Crippen LogP contribution in [0.3, 0.4) is 0 Å². The molecule has 3 unspecified atom stereocenters. The highest BCUT2D eigenvalue weighted by Gasteiger charge is 2.44. The van der Waals surface area contributed by atoms with Gasteiger partial charge >= 0.3 is 0 Å². The lowest BCUT2D eigenvalue weighted by Gasteiger charge is -2.44. The number of carbonyl (C=O) groups is 2. The summed E-state index contributed by atoms with van der Waals surface area (Å²) >= 11 is 1.54. The minimum Gasteiger partial charge on any atom is -0.343 e. The van der Waals surface area contributed by atoms with Crippen molar-refractivity contribution in [1.29, 1.82) is 0 Å². The highest BCUT2D eigenvalue weighted by atomic mass is 32.1. The SMILES string of the molecule is CCC1NC(=O)C(C(C)C)N(C(CC)c2nccs2)C1=O. The molecule has 0 aliphatic carbocycles. The van der Waals surface area contributed by atoms with E-state index in [0.717, 1.165) is 11.4 Å². The van der Waals surface area contributed by atoms with Crippen LogP contribution in [0.25, 0.3) is 0 Å². The second kappa shape index (κ2) is 6.56. The first kappa shape index (κ1) is 15.9. The Morgan fingerprint density at radius 3 is 2.57 bits per heavy atom. The molecular weight excluding hydrogens is 286 g/mol. The van der Waals surface area contributed by atoms with Gasteiger partial charge in [-0.1, -0.05) is 27.7 Å². The highest BCUT2D eigenvalue weighted by Crippen LogP contribution is 2.32. The zero-order valence-electron chi connectivity index (χ0n) is 13.0. The topological polar surface area (TPSA) is 62.3 Å². The van der Waals surface area contributed by atoms with E-state index in [9.17, 15) is 9.59 Å². The predicted octanol–water partition coefficient (Wildman–Crippen LogP) is 2.36. The molecule has 0 spiro atoms. The fraction of sp³-hybridized carbons (Fsp3) is 0.667. The minimum atomic E-state index is -0.422. The van der Waals surface area contributed by atoms with Crippen molar-refractivity contribution in [1.82, 2.24) is 15.2 Å². The van der Waals surface area contributed by atoms with E-state index in [1.807, 2.05) is 33.1 Å². The maximum Gasteiger partial charge on any atom is 0.246 e. The quantitative estimate of drug-likeness (QED) is 0.908. The van der Waals surface area contributed by atoms with Crippen LogP contribution in [0.5, 0.6) is 0 Å². The molecule has 2 heterocycles. The van der Waals surface area contributed by atoms with Gasteiger partial charge in [0, 0.05) is 11.6 Å². The van der Waals surface area contributed by atoms with Crippen LogP contribution in [0.4, 0.5) is 0 Å². The van der Waals surface area contributed by atoms with Gasteiger partial charge in [0.2, 0.25) is 11.8 Å². The Morgan fingerprint density at radius 2 is 2.10 bits per heavy atom. The molecule has 6 heteroatoms. The Kier molecular flexibility index (Phi) is 4.98. The molecule has 1 saturated heterocycles. The van der Waals surface area contributed by atoms with E-state index >= 15 is 0 Å². The normalized spacial score (nSPS) is 24.3. The maximum absolute atomic E-state index is 12.8. The van der Waals surface area contributed by atoms with Gasteiger partial charge in [-0.25, -0.2) is 4.98 Å². The van der Waals surface area contributed by atoms with Crippen LogP contribution in [0, 0.1) is 5.92 Å². The molecule has 21 heavy (non-hydrogen) atoms. The maximum atomic E-state index is 12.8. The van der Waals surface area contributed by atoms with Crippen molar-refractivity contribution in [2.75, 3.05) is 0 Å². The molecule has 1 N–H and O–H groups in total. The van der Waals surface area contributed by atoms with Crippen molar-refractivity contribution >= 4 is 23.2 Å². The Bertz CT molecular complexity index is 501. The van der Waals surface area contributed by atoms with Crippen LogP contribution in [-0.4, -0.2) is 33.8 Å². The van der Waals surface area contributed by atoms with Gasteiger partial charge < -0.3 is 10.2 Å². The first-order valence-electron chi connectivity index (χ1n) is 7.53. The Hall–Kier alpha value is -1.43. The number of amides is 2. The van der Waals surface area contributed by atoms with Gasteiger partial charge in [-0.2, -0.15) is 0 Å². The average molecular weight is 309 g/mol. The van der Waals surface area contributed by atoms with Crippen molar-refractivity contribution in [3.63, 3.8) is 0 Å². The van der Waals surface area contributed by atoms with Crippen molar-refractivity contribution in [3.05, 3.63) is 16.6 Å². The summed E-state index contributed by atoms with van der Waals surface area (Å²) in [7, 11) is 0. The number of aromatic nitrogens is 1. The summed E-state index contributed by atoms with van der Waals surface area (Å²) in [5.41, 5.74) is 0. The summed E-state index contributed by atoms with van der Waals surface area (Å²) in [6.07, 6.45) is 3.12. The van der Waals surface area contributed by atoms with Crippen LogP contribution in [-0.2, 0) is 9.59 Å². The predicted molar refractivity (Wildman–Crippen MR) is 82.8 cm³/mol. The fourth-order valence-corrected chi connectivity index (χ4v) is 3.72. The van der Waals surface area contributed by atoms with E-state index in [4.69, 9.17) is 0 Å². The number of thiazole rings is 1. The molecule has 3 atom stereocenters. The van der Waals surface area contributed by atoms with Gasteiger partial charge in [-0.05, 0) is 18.8 Å². The summed E-state index contributed by atoms with van der Waals surface area (Å²) in [6, 6.07) is -0.958. The highest BCUT2D eigenvalue weighted by molar-refractivity contribution is 7.09. The van der Waals surface area contributed by atoms with Crippen molar-refractivity contribution in [2.45, 2.75) is 58.7 Å². The molecule has 1 aromatic rings. The van der Waals surface area contributed by atoms with Crippen LogP contribution < -0.4 is 5.32 Å². The molecule has 1 aliphatic heterocycles. The third-order valence-corrected chi connectivity index (χ3v) is 4.81. The van der Waals surface area contributed by atoms with Gasteiger partial charge in [0.25, 0.3) is 0 Å². The smallest absolute Gasteiger partial charge is 0.246 e. The first-order valence-corrected chi connectivity index (χ1v) is 8.41. The number of rotatable bonds is 5. The molecule has 116 valence electrons. The molecule has 2 amide bonds. The molecule has 2 rings (SSSR count). The van der Waals surface area contributed by atoms with Crippen LogP contribution >= 0.6 is 11.3 Å². The molecule has 0 radical (unpaired) electrons. The number of hydrogen-bond donors (Lipinski definition) is 1. The summed E-state index contributed by atoms with van der Waals surface area (Å²) in [4.78, 5) is 31.4. The van der Waals surface area contributed by atoms with E-state index in [1.165, 1.54) is 11.3 Å². The molecule has 5 nitrogen and oxygen atoms in total. The number of carbonyl (C=O) groups excluding carboxylic acids is 2. The van der Waals surface area contributed by atoms with Gasteiger partial charge in [0.05, 0.1) is 6.04 Å². The van der Waals surface area contributed by atoms with E-state index in [-0.39, 0.29) is 23.8 Å². The Balaban J connectivity index is 2.41. The van der Waals surface area contributed by atoms with E-state index in [2.05, 4.69) is 10.3 Å². The number of piperazine rings is 1. The monoisotopic (exact) mass is 309 g/mol. The number of hydrogen-bond acceptors (Lipinski definition) is 4. The lowest BCUT2D eigenvalue weighted by molar-refractivity contribution is -0.154. The van der Waals surface area contributed by atoms with E-state index < -0.39 is 12.1 Å². The molecule has 1 aliphatic rings. The first-order chi connectivity index (χ1) is 10.0. The summed E-state index contributed by atoms with van der Waals surface area (Å²) in [5.74, 6) is 0.0325. The summed E-state index contributed by atoms with van der Waals surface area (Å²) < 4.78 is 0. The minimum absolute atomic E-state index is 0.0119. The Morgan fingerprint density at radius 1 is 1.38 bits per heavy atom. The fourth-order valence-electron chi connectivity index (χ4n) is 2.90. The third-order valence-electron chi connectivity index (χ3n) is 3.94. The summed E-state index contributed by atoms with van der Waals surface area (Å²) in [5, 5.41) is 5.67. The second-order valence-electron chi connectivity index (χ2n) is 5.70. The van der Waals surface area contributed by atoms with Crippen LogP contribution in [0.1, 0.15) is 51.6 Å². The standard InChI is InChI=1S/C15H23N3O2S/c1-5-10-15(20)18(12(9(3)4)13(19)17-10)11(6-2)14-16-7-8-21-14/h7-12H,5-6H2,1-4H3,(H,17,19). The molecule has 0 bridgehead atoms. The van der Waals surface area contributed by atoms with Gasteiger partial charge in [-0.15, -0.1) is 11.3 Å². The van der Waals surface area contributed by atoms with Gasteiger partial charge in [-0.3, -0.25) is 9.59 Å². The van der Waals surface area contributed by atoms with Gasteiger partial charge in [0.1, 0.15) is 17.1 Å². The zero-order chi connectivity index (χ0) is 15.6. The van der Waals surface area contributed by atoms with Crippen molar-refractivity contribution in [2.24, 2.45) is 5.92 Å². The van der Waals surface area contributed by atoms with Crippen molar-refractivity contribution in [3.8, 4) is 0 Å². The molecular formula is C15H23N3O2S. The Labute approximate surface area is 129 Å². The van der Waals surface area contributed by atoms with E-state index in [1.54, 1.807) is 11.1 Å². The average Bonchev–Trinajstić information content (AvgIpc) is 2.96. The number of nitrogens with one attached hydrogen (secondary N) is 1. The molecule has 0 saturated carbocycles. The third kappa shape index (κ3) is 2.95.